The Labute approximate surface area is 96.0 Å². The number of hydrogen-bond donors (Lipinski definition) is 1. The van der Waals surface area contributed by atoms with E-state index < -0.39 is 5.97 Å². The normalized spacial score (nSPS) is 11.9. The van der Waals surface area contributed by atoms with Crippen molar-refractivity contribution in [3.8, 4) is 0 Å². The lowest BCUT2D eigenvalue weighted by Gasteiger charge is -2.14. The fraction of sp³-hybridized carbons (Fsp3) is 0.500. The van der Waals surface area contributed by atoms with E-state index in [-0.39, 0.29) is 0 Å². The van der Waals surface area contributed by atoms with Crippen LogP contribution < -0.4 is 5.32 Å². The third kappa shape index (κ3) is 3.53. The summed E-state index contributed by atoms with van der Waals surface area (Å²) in [6, 6.07) is 3.94. The minimum Gasteiger partial charge on any atom is -0.464 e. The van der Waals surface area contributed by atoms with Gasteiger partial charge in [0.2, 0.25) is 0 Å². The molecule has 0 aliphatic heterocycles. The van der Waals surface area contributed by atoms with E-state index in [0.717, 1.165) is 18.5 Å². The van der Waals surface area contributed by atoms with E-state index in [0.29, 0.717) is 11.7 Å². The third-order valence-corrected chi connectivity index (χ3v) is 2.29. The van der Waals surface area contributed by atoms with E-state index in [1.54, 1.807) is 12.3 Å². The van der Waals surface area contributed by atoms with Gasteiger partial charge in [-0.05, 0) is 25.5 Å². The Morgan fingerprint density at radius 3 is 3.00 bits per heavy atom. The van der Waals surface area contributed by atoms with Gasteiger partial charge in [-0.1, -0.05) is 13.3 Å². The molecule has 1 atom stereocenters. The molecule has 4 heteroatoms. The maximum absolute atomic E-state index is 11.3. The molecule has 1 rings (SSSR count). The zero-order valence-corrected chi connectivity index (χ0v) is 9.99. The van der Waals surface area contributed by atoms with Crippen LogP contribution in [0.5, 0.6) is 0 Å². The van der Waals surface area contributed by atoms with Crippen LogP contribution in [0.15, 0.2) is 18.3 Å². The summed E-state index contributed by atoms with van der Waals surface area (Å²) in [4.78, 5) is 15.2. The highest BCUT2D eigenvalue weighted by Crippen LogP contribution is 2.11. The molecular weight excluding hydrogens is 204 g/mol. The lowest BCUT2D eigenvalue weighted by molar-refractivity contribution is 0.0594. The Hall–Kier alpha value is -1.58. The molecule has 0 fully saturated rings. The summed E-state index contributed by atoms with van der Waals surface area (Å²) < 4.78 is 4.61. The lowest BCUT2D eigenvalue weighted by atomic mass is 10.2. The van der Waals surface area contributed by atoms with Crippen LogP contribution in [0.3, 0.4) is 0 Å². The molecule has 1 unspecified atom stereocenters. The van der Waals surface area contributed by atoms with Gasteiger partial charge in [-0.25, -0.2) is 9.78 Å². The highest BCUT2D eigenvalue weighted by molar-refractivity contribution is 5.88. The minimum atomic E-state index is -0.410. The number of hydrogen-bond acceptors (Lipinski definition) is 4. The van der Waals surface area contributed by atoms with Gasteiger partial charge in [-0.2, -0.15) is 0 Å². The maximum Gasteiger partial charge on any atom is 0.356 e. The predicted octanol–water partition coefficient (Wildman–Crippen LogP) is 2.47. The van der Waals surface area contributed by atoms with Crippen LogP contribution in [0.2, 0.25) is 0 Å². The van der Waals surface area contributed by atoms with Crippen LogP contribution >= 0.6 is 0 Å². The predicted molar refractivity (Wildman–Crippen MR) is 63.6 cm³/mol. The number of rotatable bonds is 5. The molecule has 0 spiro atoms. The quantitative estimate of drug-likeness (QED) is 0.777. The molecule has 0 amide bonds. The van der Waals surface area contributed by atoms with Crippen molar-refractivity contribution in [2.24, 2.45) is 0 Å². The second-order valence-corrected chi connectivity index (χ2v) is 3.76. The first-order chi connectivity index (χ1) is 7.67. The Morgan fingerprint density at radius 1 is 1.62 bits per heavy atom. The zero-order valence-electron chi connectivity index (χ0n) is 9.99. The second kappa shape index (κ2) is 6.10. The Bertz CT molecular complexity index is 353. The lowest BCUT2D eigenvalue weighted by Crippen LogP contribution is -2.15. The first-order valence-electron chi connectivity index (χ1n) is 5.48. The number of aromatic nitrogens is 1. The first-order valence-corrected chi connectivity index (χ1v) is 5.48. The van der Waals surface area contributed by atoms with Gasteiger partial charge in [-0.15, -0.1) is 0 Å². The fourth-order valence-corrected chi connectivity index (χ4v) is 1.53. The van der Waals surface area contributed by atoms with Gasteiger partial charge in [0, 0.05) is 17.9 Å². The molecule has 16 heavy (non-hydrogen) atoms. The summed E-state index contributed by atoms with van der Waals surface area (Å²) >= 11 is 0. The number of ether oxygens (including phenoxy) is 1. The molecule has 0 aromatic carbocycles. The average molecular weight is 222 g/mol. The van der Waals surface area contributed by atoms with Crippen molar-refractivity contribution in [2.45, 2.75) is 32.7 Å². The zero-order chi connectivity index (χ0) is 12.0. The van der Waals surface area contributed by atoms with Crippen molar-refractivity contribution in [1.82, 2.24) is 4.98 Å². The monoisotopic (exact) mass is 222 g/mol. The molecule has 0 aliphatic rings. The van der Waals surface area contributed by atoms with Crippen molar-refractivity contribution < 1.29 is 9.53 Å². The van der Waals surface area contributed by atoms with Crippen LogP contribution in [0, 0.1) is 0 Å². The van der Waals surface area contributed by atoms with Crippen molar-refractivity contribution in [2.75, 3.05) is 12.4 Å². The van der Waals surface area contributed by atoms with E-state index in [9.17, 15) is 4.79 Å². The number of anilines is 1. The molecule has 0 aliphatic carbocycles. The Balaban J connectivity index is 2.70. The molecule has 1 heterocycles. The van der Waals surface area contributed by atoms with Crippen LogP contribution in [0.1, 0.15) is 37.2 Å². The number of esters is 1. The number of nitrogens with zero attached hydrogens (tertiary/aromatic N) is 1. The largest absolute Gasteiger partial charge is 0.464 e. The van der Waals surface area contributed by atoms with Gasteiger partial charge in [0.15, 0.2) is 0 Å². The smallest absolute Gasteiger partial charge is 0.356 e. The number of nitrogens with one attached hydrogen (secondary N) is 1. The molecule has 0 saturated heterocycles. The van der Waals surface area contributed by atoms with Crippen molar-refractivity contribution in [3.63, 3.8) is 0 Å². The van der Waals surface area contributed by atoms with Crippen LogP contribution in [-0.2, 0) is 4.74 Å². The van der Waals surface area contributed by atoms with E-state index in [2.05, 4.69) is 28.9 Å². The standard InChI is InChI=1S/C12H18N2O2/c1-4-5-9(2)14-10-6-7-13-11(8-10)12(15)16-3/h6-9H,4-5H2,1-3H3,(H,13,14). The summed E-state index contributed by atoms with van der Waals surface area (Å²) in [7, 11) is 1.35. The molecule has 0 radical (unpaired) electrons. The third-order valence-electron chi connectivity index (χ3n) is 2.29. The van der Waals surface area contributed by atoms with Crippen LogP contribution in [0.25, 0.3) is 0 Å². The van der Waals surface area contributed by atoms with Crippen LogP contribution in [-0.4, -0.2) is 24.1 Å². The van der Waals surface area contributed by atoms with E-state index in [1.165, 1.54) is 7.11 Å². The number of carbonyl (C=O) groups excluding carboxylic acids is 1. The van der Waals surface area contributed by atoms with Crippen molar-refractivity contribution in [3.05, 3.63) is 24.0 Å². The van der Waals surface area contributed by atoms with Crippen molar-refractivity contribution in [1.29, 1.82) is 0 Å². The van der Waals surface area contributed by atoms with E-state index in [1.807, 2.05) is 6.07 Å². The summed E-state index contributed by atoms with van der Waals surface area (Å²) in [6.07, 6.45) is 3.83. The molecule has 1 N–H and O–H groups in total. The molecule has 4 nitrogen and oxygen atoms in total. The number of methoxy groups -OCH3 is 1. The molecule has 1 aromatic heterocycles. The number of pyridine rings is 1. The highest BCUT2D eigenvalue weighted by Gasteiger charge is 2.08. The molecular formula is C12H18N2O2. The number of carbonyl (C=O) groups is 1. The SMILES string of the molecule is CCCC(C)Nc1ccnc(C(=O)OC)c1. The Morgan fingerprint density at radius 2 is 2.38 bits per heavy atom. The average Bonchev–Trinajstić information content (AvgIpc) is 2.28. The summed E-state index contributed by atoms with van der Waals surface area (Å²) in [6.45, 7) is 4.26. The summed E-state index contributed by atoms with van der Waals surface area (Å²) in [5.41, 5.74) is 1.23. The molecule has 88 valence electrons. The molecule has 0 bridgehead atoms. The van der Waals surface area contributed by atoms with Gasteiger partial charge >= 0.3 is 5.97 Å². The van der Waals surface area contributed by atoms with Crippen molar-refractivity contribution >= 4 is 11.7 Å². The first kappa shape index (κ1) is 12.5. The molecule has 1 aromatic rings. The maximum atomic E-state index is 11.3. The summed E-state index contributed by atoms with van der Waals surface area (Å²) in [5.74, 6) is -0.410. The highest BCUT2D eigenvalue weighted by atomic mass is 16.5. The van der Waals surface area contributed by atoms with Crippen LogP contribution in [0.4, 0.5) is 5.69 Å². The topological polar surface area (TPSA) is 51.2 Å². The van der Waals surface area contributed by atoms with Gasteiger partial charge in [0.05, 0.1) is 7.11 Å². The van der Waals surface area contributed by atoms with Gasteiger partial charge in [-0.3, -0.25) is 0 Å². The fourth-order valence-electron chi connectivity index (χ4n) is 1.53. The van der Waals surface area contributed by atoms with Gasteiger partial charge in [0.25, 0.3) is 0 Å². The summed E-state index contributed by atoms with van der Waals surface area (Å²) in [5, 5.41) is 3.31. The van der Waals surface area contributed by atoms with E-state index in [4.69, 9.17) is 0 Å². The second-order valence-electron chi connectivity index (χ2n) is 3.76. The van der Waals surface area contributed by atoms with Gasteiger partial charge in [0.1, 0.15) is 5.69 Å². The molecule has 0 saturated carbocycles. The Kier molecular flexibility index (Phi) is 4.76. The minimum absolute atomic E-state index is 0.330. The van der Waals surface area contributed by atoms with Gasteiger partial charge < -0.3 is 10.1 Å². The van der Waals surface area contributed by atoms with E-state index >= 15 is 0 Å².